The number of ether oxygens (including phenoxy) is 2. The maximum Gasteiger partial charge on any atom is 0.325 e. The van der Waals surface area contributed by atoms with Gasteiger partial charge in [-0.3, -0.25) is 9.69 Å². The van der Waals surface area contributed by atoms with Crippen molar-refractivity contribution < 1.29 is 14.3 Å². The molecule has 1 rings (SSSR count). The standard InChI is InChI=1S/C11H22N2O3/c1-3-16-10(14)11(2,12)4-5-13-6-8-15-9-7-13/h3-9,12H2,1-2H3. The fourth-order valence-electron chi connectivity index (χ4n) is 1.61. The van der Waals surface area contributed by atoms with Crippen LogP contribution in [0.25, 0.3) is 0 Å². The highest BCUT2D eigenvalue weighted by Gasteiger charge is 2.30. The summed E-state index contributed by atoms with van der Waals surface area (Å²) < 4.78 is 10.2. The van der Waals surface area contributed by atoms with Gasteiger partial charge in [-0.15, -0.1) is 0 Å². The molecule has 1 atom stereocenters. The average Bonchev–Trinajstić information content (AvgIpc) is 2.28. The Kier molecular flexibility index (Phi) is 5.18. The van der Waals surface area contributed by atoms with Crippen molar-refractivity contribution in [2.24, 2.45) is 5.73 Å². The van der Waals surface area contributed by atoms with Crippen LogP contribution in [0.2, 0.25) is 0 Å². The molecule has 0 bridgehead atoms. The molecule has 1 fully saturated rings. The van der Waals surface area contributed by atoms with Crippen LogP contribution < -0.4 is 5.73 Å². The van der Waals surface area contributed by atoms with Crippen LogP contribution in [0.3, 0.4) is 0 Å². The van der Waals surface area contributed by atoms with E-state index in [1.54, 1.807) is 13.8 Å². The van der Waals surface area contributed by atoms with Crippen molar-refractivity contribution in [1.82, 2.24) is 4.90 Å². The molecule has 94 valence electrons. The Balaban J connectivity index is 2.31. The van der Waals surface area contributed by atoms with Crippen LogP contribution in [0, 0.1) is 0 Å². The Bertz CT molecular complexity index is 225. The molecule has 1 saturated heterocycles. The second kappa shape index (κ2) is 6.18. The number of rotatable bonds is 5. The van der Waals surface area contributed by atoms with E-state index in [0.29, 0.717) is 13.0 Å². The van der Waals surface area contributed by atoms with Crippen LogP contribution in [0.15, 0.2) is 0 Å². The Morgan fingerprint density at radius 3 is 2.69 bits per heavy atom. The first kappa shape index (κ1) is 13.4. The zero-order chi connectivity index (χ0) is 12.0. The molecule has 0 aromatic carbocycles. The molecule has 0 aromatic rings. The molecule has 1 aliphatic heterocycles. The number of esters is 1. The van der Waals surface area contributed by atoms with E-state index < -0.39 is 5.54 Å². The van der Waals surface area contributed by atoms with Gasteiger partial charge in [0.15, 0.2) is 0 Å². The molecule has 0 aromatic heterocycles. The van der Waals surface area contributed by atoms with Gasteiger partial charge < -0.3 is 15.2 Å². The Morgan fingerprint density at radius 2 is 2.12 bits per heavy atom. The van der Waals surface area contributed by atoms with Crippen LogP contribution in [0.5, 0.6) is 0 Å². The summed E-state index contributed by atoms with van der Waals surface area (Å²) in [7, 11) is 0. The van der Waals surface area contributed by atoms with Gasteiger partial charge in [-0.1, -0.05) is 0 Å². The molecule has 16 heavy (non-hydrogen) atoms. The van der Waals surface area contributed by atoms with Gasteiger partial charge in [0.2, 0.25) is 0 Å². The highest BCUT2D eigenvalue weighted by molar-refractivity contribution is 5.79. The third-order valence-electron chi connectivity index (χ3n) is 2.79. The lowest BCUT2D eigenvalue weighted by atomic mass is 9.99. The van der Waals surface area contributed by atoms with E-state index in [-0.39, 0.29) is 5.97 Å². The van der Waals surface area contributed by atoms with Gasteiger partial charge in [-0.25, -0.2) is 0 Å². The zero-order valence-corrected chi connectivity index (χ0v) is 10.2. The lowest BCUT2D eigenvalue weighted by molar-refractivity contribution is -0.149. The maximum atomic E-state index is 11.5. The monoisotopic (exact) mass is 230 g/mol. The molecular formula is C11H22N2O3. The first-order valence-corrected chi connectivity index (χ1v) is 5.82. The summed E-state index contributed by atoms with van der Waals surface area (Å²) in [6, 6.07) is 0. The van der Waals surface area contributed by atoms with E-state index in [2.05, 4.69) is 4.90 Å². The SMILES string of the molecule is CCOC(=O)C(C)(N)CCN1CCOCC1. The van der Waals surface area contributed by atoms with Crippen LogP contribution in [0.1, 0.15) is 20.3 Å². The number of hydrogen-bond acceptors (Lipinski definition) is 5. The van der Waals surface area contributed by atoms with Crippen molar-refractivity contribution >= 4 is 5.97 Å². The fraction of sp³-hybridized carbons (Fsp3) is 0.909. The first-order chi connectivity index (χ1) is 7.56. The van der Waals surface area contributed by atoms with Crippen molar-refractivity contribution in [2.75, 3.05) is 39.5 Å². The van der Waals surface area contributed by atoms with Crippen molar-refractivity contribution in [3.05, 3.63) is 0 Å². The minimum atomic E-state index is -0.881. The summed E-state index contributed by atoms with van der Waals surface area (Å²) in [5.41, 5.74) is 5.05. The molecule has 5 nitrogen and oxygen atoms in total. The number of hydrogen-bond donors (Lipinski definition) is 1. The molecule has 0 saturated carbocycles. The fourth-order valence-corrected chi connectivity index (χ4v) is 1.61. The lowest BCUT2D eigenvalue weighted by Gasteiger charge is -2.30. The van der Waals surface area contributed by atoms with E-state index in [1.807, 2.05) is 0 Å². The third kappa shape index (κ3) is 4.08. The predicted molar refractivity (Wildman–Crippen MR) is 61.1 cm³/mol. The van der Waals surface area contributed by atoms with Crippen molar-refractivity contribution in [2.45, 2.75) is 25.8 Å². The highest BCUT2D eigenvalue weighted by atomic mass is 16.5. The topological polar surface area (TPSA) is 64.8 Å². The summed E-state index contributed by atoms with van der Waals surface area (Å²) in [4.78, 5) is 13.8. The molecule has 0 amide bonds. The van der Waals surface area contributed by atoms with E-state index in [1.165, 1.54) is 0 Å². The van der Waals surface area contributed by atoms with E-state index in [9.17, 15) is 4.79 Å². The van der Waals surface area contributed by atoms with Gasteiger partial charge >= 0.3 is 5.97 Å². The number of carbonyl (C=O) groups excluding carboxylic acids is 1. The number of morpholine rings is 1. The van der Waals surface area contributed by atoms with Gasteiger partial charge in [-0.2, -0.15) is 0 Å². The van der Waals surface area contributed by atoms with Crippen molar-refractivity contribution in [3.63, 3.8) is 0 Å². The van der Waals surface area contributed by atoms with Crippen molar-refractivity contribution in [3.8, 4) is 0 Å². The van der Waals surface area contributed by atoms with Gasteiger partial charge in [0, 0.05) is 19.6 Å². The van der Waals surface area contributed by atoms with E-state index in [0.717, 1.165) is 32.8 Å². The third-order valence-corrected chi connectivity index (χ3v) is 2.79. The second-order valence-electron chi connectivity index (χ2n) is 4.34. The largest absolute Gasteiger partial charge is 0.465 e. The van der Waals surface area contributed by atoms with Gasteiger partial charge in [0.1, 0.15) is 5.54 Å². The minimum Gasteiger partial charge on any atom is -0.465 e. The summed E-state index contributed by atoms with van der Waals surface area (Å²) >= 11 is 0. The summed E-state index contributed by atoms with van der Waals surface area (Å²) in [6.07, 6.45) is 0.617. The average molecular weight is 230 g/mol. The first-order valence-electron chi connectivity index (χ1n) is 5.82. The smallest absolute Gasteiger partial charge is 0.325 e. The summed E-state index contributed by atoms with van der Waals surface area (Å²) in [6.45, 7) is 8.07. The minimum absolute atomic E-state index is 0.316. The van der Waals surface area contributed by atoms with Gasteiger partial charge in [0.05, 0.1) is 19.8 Å². The predicted octanol–water partition coefficient (Wildman–Crippen LogP) is -0.0108. The molecule has 2 N–H and O–H groups in total. The number of nitrogens with two attached hydrogens (primary N) is 1. The molecule has 0 aliphatic carbocycles. The van der Waals surface area contributed by atoms with E-state index in [4.69, 9.17) is 15.2 Å². The Hall–Kier alpha value is -0.650. The Morgan fingerprint density at radius 1 is 1.50 bits per heavy atom. The van der Waals surface area contributed by atoms with Crippen molar-refractivity contribution in [1.29, 1.82) is 0 Å². The number of nitrogens with zero attached hydrogens (tertiary/aromatic N) is 1. The zero-order valence-electron chi connectivity index (χ0n) is 10.2. The second-order valence-corrected chi connectivity index (χ2v) is 4.34. The molecule has 0 radical (unpaired) electrons. The van der Waals surface area contributed by atoms with Crippen LogP contribution in [0.4, 0.5) is 0 Å². The molecule has 0 spiro atoms. The molecule has 5 heteroatoms. The summed E-state index contributed by atoms with van der Waals surface area (Å²) in [5, 5.41) is 0. The molecule has 1 aliphatic rings. The van der Waals surface area contributed by atoms with Gasteiger partial charge in [0.25, 0.3) is 0 Å². The highest BCUT2D eigenvalue weighted by Crippen LogP contribution is 2.10. The normalized spacial score (nSPS) is 21.4. The molecule has 1 unspecified atom stereocenters. The Labute approximate surface area is 96.9 Å². The quantitative estimate of drug-likeness (QED) is 0.673. The lowest BCUT2D eigenvalue weighted by Crippen LogP contribution is -2.49. The van der Waals surface area contributed by atoms with E-state index >= 15 is 0 Å². The molecule has 1 heterocycles. The van der Waals surface area contributed by atoms with Crippen LogP contribution in [-0.4, -0.2) is 55.9 Å². The van der Waals surface area contributed by atoms with Crippen LogP contribution >= 0.6 is 0 Å². The molecular weight excluding hydrogens is 208 g/mol. The number of carbonyl (C=O) groups is 1. The summed E-state index contributed by atoms with van der Waals surface area (Å²) in [5.74, 6) is -0.316. The van der Waals surface area contributed by atoms with Crippen LogP contribution in [-0.2, 0) is 14.3 Å². The maximum absolute atomic E-state index is 11.5. The van der Waals surface area contributed by atoms with Gasteiger partial charge in [-0.05, 0) is 20.3 Å².